The summed E-state index contributed by atoms with van der Waals surface area (Å²) in [6.07, 6.45) is 1.13. The lowest BCUT2D eigenvalue weighted by atomic mass is 10.1. The second-order valence-corrected chi connectivity index (χ2v) is 6.22. The lowest BCUT2D eigenvalue weighted by Gasteiger charge is -2.21. The smallest absolute Gasteiger partial charge is 0.231 e. The Labute approximate surface area is 139 Å². The molecule has 0 radical (unpaired) electrons. The van der Waals surface area contributed by atoms with Crippen molar-refractivity contribution in [2.45, 2.75) is 12.8 Å². The van der Waals surface area contributed by atoms with Gasteiger partial charge >= 0.3 is 0 Å². The first-order valence-electron chi connectivity index (χ1n) is 7.18. The molecule has 0 aliphatic carbocycles. The second kappa shape index (κ2) is 7.81. The Morgan fingerprint density at radius 2 is 1.86 bits per heavy atom. The molecule has 7 heteroatoms. The molecule has 120 valence electrons. The van der Waals surface area contributed by atoms with Crippen molar-refractivity contribution in [3.05, 3.63) is 33.8 Å². The number of nitrogens with two attached hydrogens (primary N) is 1. The number of benzene rings is 1. The molecule has 0 spiro atoms. The molecular formula is C15H19Cl2N3O2. The lowest BCUT2D eigenvalue weighted by Crippen LogP contribution is -2.38. The first-order chi connectivity index (χ1) is 10.5. The van der Waals surface area contributed by atoms with E-state index in [9.17, 15) is 9.59 Å². The van der Waals surface area contributed by atoms with Crippen molar-refractivity contribution in [3.63, 3.8) is 0 Å². The van der Waals surface area contributed by atoms with Gasteiger partial charge in [-0.25, -0.2) is 0 Å². The van der Waals surface area contributed by atoms with Crippen molar-refractivity contribution in [2.24, 2.45) is 5.73 Å². The Bertz CT molecular complexity index is 566. The van der Waals surface area contributed by atoms with Gasteiger partial charge in [-0.05, 0) is 24.1 Å². The fraction of sp³-hybridized carbons (Fsp3) is 0.467. The summed E-state index contributed by atoms with van der Waals surface area (Å²) in [5.41, 5.74) is 6.06. The number of primary amides is 1. The largest absolute Gasteiger partial charge is 0.369 e. The number of carbonyl (C=O) groups is 2. The summed E-state index contributed by atoms with van der Waals surface area (Å²) in [6.45, 7) is 2.98. The SMILES string of the molecule is NC(=O)CN1CCCN(C(=O)Cc2ccc(Cl)c(Cl)c2)CC1. The van der Waals surface area contributed by atoms with Gasteiger partial charge in [0, 0.05) is 26.2 Å². The molecule has 1 aromatic rings. The van der Waals surface area contributed by atoms with Gasteiger partial charge in [0.1, 0.15) is 0 Å². The summed E-state index contributed by atoms with van der Waals surface area (Å²) in [5, 5.41) is 0.935. The molecule has 1 fully saturated rings. The van der Waals surface area contributed by atoms with Crippen LogP contribution in [0.2, 0.25) is 10.0 Å². The summed E-state index contributed by atoms with van der Waals surface area (Å²) in [5.74, 6) is -0.283. The van der Waals surface area contributed by atoms with Gasteiger partial charge in [0.05, 0.1) is 23.0 Å². The van der Waals surface area contributed by atoms with Gasteiger partial charge < -0.3 is 10.6 Å². The predicted molar refractivity (Wildman–Crippen MR) is 87.0 cm³/mol. The van der Waals surface area contributed by atoms with Crippen LogP contribution in [0.3, 0.4) is 0 Å². The lowest BCUT2D eigenvalue weighted by molar-refractivity contribution is -0.130. The minimum absolute atomic E-state index is 0.0549. The Morgan fingerprint density at radius 1 is 1.09 bits per heavy atom. The molecule has 2 amide bonds. The molecular weight excluding hydrogens is 325 g/mol. The van der Waals surface area contributed by atoms with Gasteiger partial charge in [-0.15, -0.1) is 0 Å². The molecule has 0 aromatic heterocycles. The van der Waals surface area contributed by atoms with Crippen LogP contribution in [0.15, 0.2) is 18.2 Å². The average Bonchev–Trinajstić information content (AvgIpc) is 2.68. The van der Waals surface area contributed by atoms with Crippen molar-refractivity contribution in [1.82, 2.24) is 9.80 Å². The molecule has 1 aliphatic rings. The van der Waals surface area contributed by atoms with Crippen LogP contribution in [0.1, 0.15) is 12.0 Å². The van der Waals surface area contributed by atoms with Crippen molar-refractivity contribution in [1.29, 1.82) is 0 Å². The molecule has 0 atom stereocenters. The number of rotatable bonds is 4. The Kier molecular flexibility index (Phi) is 6.06. The van der Waals surface area contributed by atoms with Crippen LogP contribution in [-0.2, 0) is 16.0 Å². The van der Waals surface area contributed by atoms with Crippen LogP contribution in [0.4, 0.5) is 0 Å². The molecule has 2 rings (SSSR count). The predicted octanol–water partition coefficient (Wildman–Crippen LogP) is 1.56. The van der Waals surface area contributed by atoms with Crippen molar-refractivity contribution >= 4 is 35.0 Å². The van der Waals surface area contributed by atoms with Crippen LogP contribution < -0.4 is 5.73 Å². The van der Waals surface area contributed by atoms with E-state index in [1.807, 2.05) is 15.9 Å². The zero-order valence-electron chi connectivity index (χ0n) is 12.2. The van der Waals surface area contributed by atoms with Crippen molar-refractivity contribution < 1.29 is 9.59 Å². The minimum atomic E-state index is -0.337. The summed E-state index contributed by atoms with van der Waals surface area (Å²) >= 11 is 11.8. The van der Waals surface area contributed by atoms with Gasteiger partial charge in [-0.3, -0.25) is 14.5 Å². The van der Waals surface area contributed by atoms with Crippen LogP contribution in [0, 0.1) is 0 Å². The zero-order chi connectivity index (χ0) is 16.1. The third-order valence-corrected chi connectivity index (χ3v) is 4.40. The minimum Gasteiger partial charge on any atom is -0.369 e. The number of nitrogens with zero attached hydrogens (tertiary/aromatic N) is 2. The van der Waals surface area contributed by atoms with Crippen LogP contribution in [0.25, 0.3) is 0 Å². The Balaban J connectivity index is 1.92. The molecule has 5 nitrogen and oxygen atoms in total. The van der Waals surface area contributed by atoms with E-state index >= 15 is 0 Å². The molecule has 1 saturated heterocycles. The fourth-order valence-corrected chi connectivity index (χ4v) is 2.86. The Morgan fingerprint density at radius 3 is 2.55 bits per heavy atom. The van der Waals surface area contributed by atoms with Gasteiger partial charge in [0.15, 0.2) is 0 Å². The third kappa shape index (κ3) is 4.87. The summed E-state index contributed by atoms with van der Waals surface area (Å²) in [4.78, 5) is 27.2. The van der Waals surface area contributed by atoms with E-state index in [0.29, 0.717) is 36.1 Å². The average molecular weight is 344 g/mol. The molecule has 0 unspecified atom stereocenters. The van der Waals surface area contributed by atoms with E-state index in [1.165, 1.54) is 0 Å². The molecule has 2 N–H and O–H groups in total. The maximum atomic E-state index is 12.4. The second-order valence-electron chi connectivity index (χ2n) is 5.40. The summed E-state index contributed by atoms with van der Waals surface area (Å²) in [6, 6.07) is 5.23. The number of hydrogen-bond donors (Lipinski definition) is 1. The maximum Gasteiger partial charge on any atom is 0.231 e. The maximum absolute atomic E-state index is 12.4. The highest BCUT2D eigenvalue weighted by molar-refractivity contribution is 6.42. The normalized spacial score (nSPS) is 16.4. The molecule has 1 heterocycles. The number of halogens is 2. The van der Waals surface area contributed by atoms with Gasteiger partial charge in [0.2, 0.25) is 11.8 Å². The molecule has 22 heavy (non-hydrogen) atoms. The van der Waals surface area contributed by atoms with E-state index < -0.39 is 0 Å². The first kappa shape index (κ1) is 17.1. The van der Waals surface area contributed by atoms with Crippen LogP contribution in [-0.4, -0.2) is 54.3 Å². The number of hydrogen-bond acceptors (Lipinski definition) is 3. The fourth-order valence-electron chi connectivity index (χ4n) is 2.53. The highest BCUT2D eigenvalue weighted by atomic mass is 35.5. The van der Waals surface area contributed by atoms with E-state index in [0.717, 1.165) is 18.5 Å². The summed E-state index contributed by atoms with van der Waals surface area (Å²) < 4.78 is 0. The van der Waals surface area contributed by atoms with Crippen LogP contribution in [0.5, 0.6) is 0 Å². The molecule has 1 aromatic carbocycles. The molecule has 1 aliphatic heterocycles. The quantitative estimate of drug-likeness (QED) is 0.901. The monoisotopic (exact) mass is 343 g/mol. The van der Waals surface area contributed by atoms with Crippen molar-refractivity contribution in [2.75, 3.05) is 32.7 Å². The van der Waals surface area contributed by atoms with Crippen molar-refractivity contribution in [3.8, 4) is 0 Å². The highest BCUT2D eigenvalue weighted by Crippen LogP contribution is 2.23. The zero-order valence-corrected chi connectivity index (χ0v) is 13.7. The van der Waals surface area contributed by atoms with Gasteiger partial charge in [-0.2, -0.15) is 0 Å². The van der Waals surface area contributed by atoms with Gasteiger partial charge in [-0.1, -0.05) is 29.3 Å². The molecule has 0 bridgehead atoms. The third-order valence-electron chi connectivity index (χ3n) is 3.66. The van der Waals surface area contributed by atoms with Gasteiger partial charge in [0.25, 0.3) is 0 Å². The number of amides is 2. The summed E-state index contributed by atoms with van der Waals surface area (Å²) in [7, 11) is 0. The molecule has 0 saturated carbocycles. The Hall–Kier alpha value is -1.30. The van der Waals surface area contributed by atoms with E-state index in [-0.39, 0.29) is 18.4 Å². The van der Waals surface area contributed by atoms with E-state index in [1.54, 1.807) is 12.1 Å². The van der Waals surface area contributed by atoms with Crippen LogP contribution >= 0.6 is 23.2 Å². The highest BCUT2D eigenvalue weighted by Gasteiger charge is 2.20. The number of carbonyl (C=O) groups excluding carboxylic acids is 2. The first-order valence-corrected chi connectivity index (χ1v) is 7.93. The standard InChI is InChI=1S/C15H19Cl2N3O2/c16-12-3-2-11(8-13(12)17)9-15(22)20-5-1-4-19(6-7-20)10-14(18)21/h2-3,8H,1,4-7,9-10H2,(H2,18,21). The topological polar surface area (TPSA) is 66.6 Å². The van der Waals surface area contributed by atoms with E-state index in [4.69, 9.17) is 28.9 Å². The van der Waals surface area contributed by atoms with E-state index in [2.05, 4.69) is 0 Å².